The zero-order valence-electron chi connectivity index (χ0n) is 7.68. The second-order valence-electron chi connectivity index (χ2n) is 3.12. The van der Waals surface area contributed by atoms with Crippen molar-refractivity contribution < 1.29 is 14.6 Å². The predicted molar refractivity (Wildman–Crippen MR) is 45.3 cm³/mol. The molecular formula is C9H14O3. The molecule has 0 aromatic rings. The third-order valence-electron chi connectivity index (χ3n) is 0.994. The SMILES string of the molecule is CC(=O)OCC#CCC(C)(C)O. The molecule has 3 heteroatoms. The Morgan fingerprint density at radius 3 is 2.50 bits per heavy atom. The summed E-state index contributed by atoms with van der Waals surface area (Å²) in [6.45, 7) is 4.78. The molecule has 0 radical (unpaired) electrons. The third kappa shape index (κ3) is 8.99. The third-order valence-corrected chi connectivity index (χ3v) is 0.994. The van der Waals surface area contributed by atoms with E-state index in [4.69, 9.17) is 0 Å². The molecule has 0 unspecified atom stereocenters. The molecule has 0 saturated carbocycles. The number of esters is 1. The van der Waals surface area contributed by atoms with Crippen LogP contribution in [0.5, 0.6) is 0 Å². The molecule has 0 aromatic heterocycles. The lowest BCUT2D eigenvalue weighted by atomic mass is 10.1. The first-order valence-corrected chi connectivity index (χ1v) is 3.73. The van der Waals surface area contributed by atoms with Crippen molar-refractivity contribution in [3.8, 4) is 11.8 Å². The lowest BCUT2D eigenvalue weighted by Crippen LogP contribution is -2.16. The van der Waals surface area contributed by atoms with E-state index >= 15 is 0 Å². The zero-order valence-corrected chi connectivity index (χ0v) is 7.68. The number of carbonyl (C=O) groups is 1. The molecule has 0 aliphatic heterocycles. The first kappa shape index (κ1) is 11.0. The zero-order chi connectivity index (χ0) is 9.61. The summed E-state index contributed by atoms with van der Waals surface area (Å²) in [5.41, 5.74) is -0.775. The molecule has 0 bridgehead atoms. The molecule has 0 amide bonds. The van der Waals surface area contributed by atoms with Crippen LogP contribution in [-0.2, 0) is 9.53 Å². The molecule has 0 atom stereocenters. The lowest BCUT2D eigenvalue weighted by molar-refractivity contribution is -0.139. The van der Waals surface area contributed by atoms with Gasteiger partial charge in [-0.3, -0.25) is 4.79 Å². The van der Waals surface area contributed by atoms with Crippen molar-refractivity contribution in [1.29, 1.82) is 0 Å². The summed E-state index contributed by atoms with van der Waals surface area (Å²) in [6.07, 6.45) is 0.383. The highest BCUT2D eigenvalue weighted by Crippen LogP contribution is 2.04. The lowest BCUT2D eigenvalue weighted by Gasteiger charge is -2.11. The molecule has 12 heavy (non-hydrogen) atoms. The molecule has 0 spiro atoms. The van der Waals surface area contributed by atoms with Crippen molar-refractivity contribution >= 4 is 5.97 Å². The molecule has 0 heterocycles. The number of rotatable bonds is 2. The van der Waals surface area contributed by atoms with Crippen LogP contribution in [0.3, 0.4) is 0 Å². The molecule has 0 saturated heterocycles. The van der Waals surface area contributed by atoms with Crippen LogP contribution in [0, 0.1) is 11.8 Å². The Bertz CT molecular complexity index is 202. The van der Waals surface area contributed by atoms with Crippen LogP contribution in [0.2, 0.25) is 0 Å². The molecule has 0 aromatic carbocycles. The van der Waals surface area contributed by atoms with Crippen molar-refractivity contribution in [2.24, 2.45) is 0 Å². The largest absolute Gasteiger partial charge is 0.453 e. The molecule has 68 valence electrons. The number of ether oxygens (including phenoxy) is 1. The number of hydrogen-bond donors (Lipinski definition) is 1. The Balaban J connectivity index is 3.55. The Morgan fingerprint density at radius 2 is 2.08 bits per heavy atom. The minimum absolute atomic E-state index is 0.103. The van der Waals surface area contributed by atoms with Gasteiger partial charge in [0, 0.05) is 13.3 Å². The van der Waals surface area contributed by atoms with Gasteiger partial charge in [-0.05, 0) is 13.8 Å². The second kappa shape index (κ2) is 4.78. The maximum Gasteiger partial charge on any atom is 0.303 e. The van der Waals surface area contributed by atoms with Crippen LogP contribution in [0.1, 0.15) is 27.2 Å². The maximum atomic E-state index is 10.3. The van der Waals surface area contributed by atoms with E-state index in [1.807, 2.05) is 0 Å². The van der Waals surface area contributed by atoms with E-state index < -0.39 is 5.60 Å². The monoisotopic (exact) mass is 170 g/mol. The van der Waals surface area contributed by atoms with E-state index in [2.05, 4.69) is 16.6 Å². The Kier molecular flexibility index (Phi) is 4.38. The molecule has 0 aliphatic carbocycles. The fourth-order valence-corrected chi connectivity index (χ4v) is 0.468. The molecule has 3 nitrogen and oxygen atoms in total. The molecule has 0 aliphatic rings. The average molecular weight is 170 g/mol. The minimum atomic E-state index is -0.775. The average Bonchev–Trinajstić information content (AvgIpc) is 1.83. The summed E-state index contributed by atoms with van der Waals surface area (Å²) < 4.78 is 4.56. The van der Waals surface area contributed by atoms with Crippen molar-refractivity contribution in [3.05, 3.63) is 0 Å². The van der Waals surface area contributed by atoms with E-state index in [-0.39, 0.29) is 12.6 Å². The molecular weight excluding hydrogens is 156 g/mol. The highest BCUT2D eigenvalue weighted by atomic mass is 16.5. The van der Waals surface area contributed by atoms with Gasteiger partial charge >= 0.3 is 5.97 Å². The van der Waals surface area contributed by atoms with Gasteiger partial charge in [0.25, 0.3) is 0 Å². The highest BCUT2D eigenvalue weighted by molar-refractivity contribution is 5.66. The minimum Gasteiger partial charge on any atom is -0.453 e. The smallest absolute Gasteiger partial charge is 0.303 e. The van der Waals surface area contributed by atoms with Gasteiger partial charge in [0.15, 0.2) is 6.61 Å². The topological polar surface area (TPSA) is 46.5 Å². The van der Waals surface area contributed by atoms with Crippen LogP contribution in [0.15, 0.2) is 0 Å². The predicted octanol–water partition coefficient (Wildman–Crippen LogP) is 0.714. The van der Waals surface area contributed by atoms with Crippen molar-refractivity contribution in [2.75, 3.05) is 6.61 Å². The Hall–Kier alpha value is -1.01. The van der Waals surface area contributed by atoms with Crippen molar-refractivity contribution in [2.45, 2.75) is 32.8 Å². The van der Waals surface area contributed by atoms with Gasteiger partial charge < -0.3 is 9.84 Å². The summed E-state index contributed by atoms with van der Waals surface area (Å²) in [4.78, 5) is 10.3. The Labute approximate surface area is 72.7 Å². The fourth-order valence-electron chi connectivity index (χ4n) is 0.468. The fraction of sp³-hybridized carbons (Fsp3) is 0.667. The number of hydrogen-bond acceptors (Lipinski definition) is 3. The van der Waals surface area contributed by atoms with Gasteiger partial charge in [0.05, 0.1) is 5.60 Å². The van der Waals surface area contributed by atoms with Gasteiger partial charge in [-0.2, -0.15) is 0 Å². The van der Waals surface area contributed by atoms with Gasteiger partial charge in [-0.15, -0.1) is 0 Å². The normalized spacial score (nSPS) is 10.0. The first-order valence-electron chi connectivity index (χ1n) is 3.73. The standard InChI is InChI=1S/C9H14O3/c1-8(10)12-7-5-4-6-9(2,3)11/h11H,6-7H2,1-3H3. The van der Waals surface area contributed by atoms with Crippen LogP contribution >= 0.6 is 0 Å². The van der Waals surface area contributed by atoms with Gasteiger partial charge in [-0.1, -0.05) is 11.8 Å². The van der Waals surface area contributed by atoms with Crippen LogP contribution in [0.25, 0.3) is 0 Å². The molecule has 0 rings (SSSR count). The van der Waals surface area contributed by atoms with E-state index in [0.29, 0.717) is 6.42 Å². The quantitative estimate of drug-likeness (QED) is 0.490. The van der Waals surface area contributed by atoms with E-state index in [9.17, 15) is 9.90 Å². The number of aliphatic hydroxyl groups is 1. The maximum absolute atomic E-state index is 10.3. The summed E-state index contributed by atoms with van der Waals surface area (Å²) >= 11 is 0. The number of carbonyl (C=O) groups excluding carboxylic acids is 1. The van der Waals surface area contributed by atoms with E-state index in [0.717, 1.165) is 0 Å². The van der Waals surface area contributed by atoms with E-state index in [1.54, 1.807) is 13.8 Å². The summed E-state index contributed by atoms with van der Waals surface area (Å²) in [5.74, 6) is 4.98. The van der Waals surface area contributed by atoms with Gasteiger partial charge in [0.1, 0.15) is 0 Å². The first-order chi connectivity index (χ1) is 5.42. The van der Waals surface area contributed by atoms with Crippen molar-refractivity contribution in [1.82, 2.24) is 0 Å². The van der Waals surface area contributed by atoms with Gasteiger partial charge in [-0.25, -0.2) is 0 Å². The molecule has 0 fully saturated rings. The highest BCUT2D eigenvalue weighted by Gasteiger charge is 2.08. The summed E-state index contributed by atoms with van der Waals surface area (Å²) in [5, 5.41) is 9.22. The Morgan fingerprint density at radius 1 is 1.50 bits per heavy atom. The van der Waals surface area contributed by atoms with E-state index in [1.165, 1.54) is 6.92 Å². The van der Waals surface area contributed by atoms with Crippen LogP contribution in [0.4, 0.5) is 0 Å². The van der Waals surface area contributed by atoms with Gasteiger partial charge in [0.2, 0.25) is 0 Å². The summed E-state index contributed by atoms with van der Waals surface area (Å²) in [6, 6.07) is 0. The van der Waals surface area contributed by atoms with Crippen molar-refractivity contribution in [3.63, 3.8) is 0 Å². The molecule has 1 N–H and O–H groups in total. The second-order valence-corrected chi connectivity index (χ2v) is 3.12. The summed E-state index contributed by atoms with van der Waals surface area (Å²) in [7, 11) is 0. The van der Waals surface area contributed by atoms with Crippen LogP contribution < -0.4 is 0 Å². The van der Waals surface area contributed by atoms with Crippen LogP contribution in [-0.4, -0.2) is 23.3 Å².